The number of aromatic nitrogens is 2. The predicted molar refractivity (Wildman–Crippen MR) is 58.2 cm³/mol. The van der Waals surface area contributed by atoms with Gasteiger partial charge in [0, 0.05) is 13.1 Å². The molecule has 2 N–H and O–H groups in total. The van der Waals surface area contributed by atoms with E-state index in [1.807, 2.05) is 6.92 Å². The van der Waals surface area contributed by atoms with Gasteiger partial charge in [0.05, 0.1) is 6.20 Å². The Morgan fingerprint density at radius 1 is 1.38 bits per heavy atom. The fourth-order valence-electron chi connectivity index (χ4n) is 1.12. The Bertz CT molecular complexity index is 409. The van der Waals surface area contributed by atoms with Crippen LogP contribution in [0.3, 0.4) is 0 Å². The number of hydrazine groups is 1. The minimum absolute atomic E-state index is 0.319. The Morgan fingerprint density at radius 2 is 2.00 bits per heavy atom. The first-order chi connectivity index (χ1) is 7.34. The fraction of sp³-hybridized carbons (Fsp3) is 0.500. The highest BCUT2D eigenvalue weighted by Crippen LogP contribution is 2.14. The molecule has 1 aromatic heterocycles. The molecule has 16 heavy (non-hydrogen) atoms. The zero-order chi connectivity index (χ0) is 12.3. The standard InChI is InChI=1S/C10H16N4O2/c1-7-5-11-14(6-7)10(3,4)9(16)13-12-8(2)15/h5-6H,1-4H3,(H,12,15)(H,13,16). The van der Waals surface area contributed by atoms with Crippen LogP contribution in [0.15, 0.2) is 12.4 Å². The lowest BCUT2D eigenvalue weighted by Crippen LogP contribution is -2.51. The van der Waals surface area contributed by atoms with E-state index in [0.29, 0.717) is 0 Å². The SMILES string of the molecule is CC(=O)NNC(=O)C(C)(C)n1cc(C)cn1. The Hall–Kier alpha value is -1.85. The van der Waals surface area contributed by atoms with E-state index in [9.17, 15) is 9.59 Å². The van der Waals surface area contributed by atoms with Gasteiger partial charge in [-0.3, -0.25) is 25.1 Å². The summed E-state index contributed by atoms with van der Waals surface area (Å²) in [5.74, 6) is -0.647. The molecule has 0 aliphatic carbocycles. The van der Waals surface area contributed by atoms with Gasteiger partial charge in [-0.25, -0.2) is 0 Å². The van der Waals surface area contributed by atoms with Crippen LogP contribution in [0.2, 0.25) is 0 Å². The second-order valence-corrected chi connectivity index (χ2v) is 4.16. The molecule has 0 aliphatic heterocycles. The molecule has 0 aliphatic rings. The maximum absolute atomic E-state index is 11.8. The van der Waals surface area contributed by atoms with Crippen LogP contribution < -0.4 is 10.9 Å². The molecule has 88 valence electrons. The lowest BCUT2D eigenvalue weighted by molar-refractivity contribution is -0.133. The van der Waals surface area contributed by atoms with Gasteiger partial charge in [0.25, 0.3) is 5.91 Å². The smallest absolute Gasteiger partial charge is 0.265 e. The lowest BCUT2D eigenvalue weighted by Gasteiger charge is -2.24. The molecule has 0 aromatic carbocycles. The number of aryl methyl sites for hydroxylation is 1. The molecule has 1 rings (SSSR count). The van der Waals surface area contributed by atoms with E-state index >= 15 is 0 Å². The molecule has 0 fully saturated rings. The number of amides is 2. The predicted octanol–water partition coefficient (Wildman–Crippen LogP) is 0.0939. The van der Waals surface area contributed by atoms with E-state index in [1.165, 1.54) is 6.92 Å². The van der Waals surface area contributed by atoms with Gasteiger partial charge >= 0.3 is 0 Å². The number of carbonyl (C=O) groups excluding carboxylic acids is 2. The second-order valence-electron chi connectivity index (χ2n) is 4.16. The summed E-state index contributed by atoms with van der Waals surface area (Å²) in [5.41, 5.74) is 4.70. The third-order valence-electron chi connectivity index (χ3n) is 2.19. The van der Waals surface area contributed by atoms with Gasteiger partial charge in [0.1, 0.15) is 5.54 Å². The maximum atomic E-state index is 11.8. The summed E-state index contributed by atoms with van der Waals surface area (Å²) in [6, 6.07) is 0. The van der Waals surface area contributed by atoms with Gasteiger partial charge in [0.15, 0.2) is 0 Å². The zero-order valence-electron chi connectivity index (χ0n) is 9.87. The number of carbonyl (C=O) groups is 2. The van der Waals surface area contributed by atoms with Crippen LogP contribution in [-0.2, 0) is 15.1 Å². The van der Waals surface area contributed by atoms with Crippen LogP contribution in [-0.4, -0.2) is 21.6 Å². The molecule has 0 atom stereocenters. The Kier molecular flexibility index (Phi) is 3.31. The summed E-state index contributed by atoms with van der Waals surface area (Å²) in [7, 11) is 0. The summed E-state index contributed by atoms with van der Waals surface area (Å²) in [6.07, 6.45) is 3.45. The third-order valence-corrected chi connectivity index (χ3v) is 2.19. The number of hydrogen-bond donors (Lipinski definition) is 2. The van der Waals surface area contributed by atoms with Gasteiger partial charge in [-0.15, -0.1) is 0 Å². The van der Waals surface area contributed by atoms with Crippen molar-refractivity contribution < 1.29 is 9.59 Å². The summed E-state index contributed by atoms with van der Waals surface area (Å²) in [6.45, 7) is 6.66. The van der Waals surface area contributed by atoms with Crippen molar-refractivity contribution in [2.45, 2.75) is 33.2 Å². The first-order valence-electron chi connectivity index (χ1n) is 4.93. The molecule has 1 heterocycles. The second kappa shape index (κ2) is 4.34. The molecule has 6 heteroatoms. The average molecular weight is 224 g/mol. The summed E-state index contributed by atoms with van der Waals surface area (Å²) in [4.78, 5) is 22.5. The van der Waals surface area contributed by atoms with Crippen molar-refractivity contribution in [3.8, 4) is 0 Å². The monoisotopic (exact) mass is 224 g/mol. The van der Waals surface area contributed by atoms with Gasteiger partial charge in [-0.2, -0.15) is 5.10 Å². The molecule has 0 saturated heterocycles. The quantitative estimate of drug-likeness (QED) is 0.699. The number of nitrogens with zero attached hydrogens (tertiary/aromatic N) is 2. The molecular formula is C10H16N4O2. The largest absolute Gasteiger partial charge is 0.274 e. The highest BCUT2D eigenvalue weighted by atomic mass is 16.2. The van der Waals surface area contributed by atoms with E-state index < -0.39 is 5.54 Å². The van der Waals surface area contributed by atoms with Gasteiger partial charge in [-0.05, 0) is 26.3 Å². The highest BCUT2D eigenvalue weighted by Gasteiger charge is 2.30. The first kappa shape index (κ1) is 12.2. The topological polar surface area (TPSA) is 76.0 Å². The Morgan fingerprint density at radius 3 is 2.44 bits per heavy atom. The third kappa shape index (κ3) is 2.59. The summed E-state index contributed by atoms with van der Waals surface area (Å²) in [5, 5.41) is 4.08. The van der Waals surface area contributed by atoms with Crippen LogP contribution >= 0.6 is 0 Å². The van der Waals surface area contributed by atoms with Crippen LogP contribution in [0.4, 0.5) is 0 Å². The lowest BCUT2D eigenvalue weighted by atomic mass is 10.1. The zero-order valence-corrected chi connectivity index (χ0v) is 9.87. The normalized spacial score (nSPS) is 11.0. The number of rotatable bonds is 2. The number of hydrogen-bond acceptors (Lipinski definition) is 3. The molecule has 1 aromatic rings. The fourth-order valence-corrected chi connectivity index (χ4v) is 1.12. The molecular weight excluding hydrogens is 208 g/mol. The summed E-state index contributed by atoms with van der Waals surface area (Å²) < 4.78 is 1.56. The minimum atomic E-state index is -0.850. The van der Waals surface area contributed by atoms with E-state index in [2.05, 4.69) is 16.0 Å². The van der Waals surface area contributed by atoms with Crippen LogP contribution in [0, 0.1) is 6.92 Å². The van der Waals surface area contributed by atoms with Crippen LogP contribution in [0.5, 0.6) is 0 Å². The Labute approximate surface area is 94.0 Å². The van der Waals surface area contributed by atoms with E-state index in [-0.39, 0.29) is 11.8 Å². The number of nitrogens with one attached hydrogen (secondary N) is 2. The summed E-state index contributed by atoms with van der Waals surface area (Å²) >= 11 is 0. The average Bonchev–Trinajstić information content (AvgIpc) is 2.61. The van der Waals surface area contributed by atoms with E-state index in [0.717, 1.165) is 5.56 Å². The molecule has 6 nitrogen and oxygen atoms in total. The van der Waals surface area contributed by atoms with Crippen LogP contribution in [0.25, 0.3) is 0 Å². The highest BCUT2D eigenvalue weighted by molar-refractivity contribution is 5.85. The van der Waals surface area contributed by atoms with E-state index in [4.69, 9.17) is 0 Å². The van der Waals surface area contributed by atoms with Crippen molar-refractivity contribution >= 4 is 11.8 Å². The van der Waals surface area contributed by atoms with Crippen molar-refractivity contribution in [1.82, 2.24) is 20.6 Å². The molecule has 0 saturated carbocycles. The van der Waals surface area contributed by atoms with Crippen molar-refractivity contribution in [1.29, 1.82) is 0 Å². The molecule has 0 radical (unpaired) electrons. The van der Waals surface area contributed by atoms with Crippen molar-refractivity contribution in [3.63, 3.8) is 0 Å². The minimum Gasteiger partial charge on any atom is -0.274 e. The molecule has 0 spiro atoms. The van der Waals surface area contributed by atoms with Crippen LogP contribution in [0.1, 0.15) is 26.3 Å². The van der Waals surface area contributed by atoms with Gasteiger partial charge < -0.3 is 0 Å². The first-order valence-corrected chi connectivity index (χ1v) is 4.93. The Balaban J connectivity index is 2.77. The molecule has 2 amide bonds. The van der Waals surface area contributed by atoms with Gasteiger partial charge in [-0.1, -0.05) is 0 Å². The molecule has 0 unspecified atom stereocenters. The van der Waals surface area contributed by atoms with Crippen molar-refractivity contribution in [2.75, 3.05) is 0 Å². The maximum Gasteiger partial charge on any atom is 0.265 e. The van der Waals surface area contributed by atoms with E-state index in [1.54, 1.807) is 30.9 Å². The van der Waals surface area contributed by atoms with Crippen molar-refractivity contribution in [3.05, 3.63) is 18.0 Å². The molecule has 0 bridgehead atoms. The van der Waals surface area contributed by atoms with Crippen molar-refractivity contribution in [2.24, 2.45) is 0 Å². The van der Waals surface area contributed by atoms with Gasteiger partial charge in [0.2, 0.25) is 5.91 Å².